The van der Waals surface area contributed by atoms with E-state index in [-0.39, 0.29) is 30.5 Å². The summed E-state index contributed by atoms with van der Waals surface area (Å²) in [6.45, 7) is 1.90. The van der Waals surface area contributed by atoms with Gasteiger partial charge in [0, 0.05) is 0 Å². The fourth-order valence-electron chi connectivity index (χ4n) is 2.86. The Morgan fingerprint density at radius 1 is 1.00 bits per heavy atom. The van der Waals surface area contributed by atoms with Gasteiger partial charge in [-0.1, -0.05) is 18.5 Å². The zero-order valence-electron chi connectivity index (χ0n) is 14.2. The summed E-state index contributed by atoms with van der Waals surface area (Å²) in [7, 11) is 0. The molecule has 0 aromatic heterocycles. The van der Waals surface area contributed by atoms with E-state index >= 15 is 0 Å². The molecule has 0 amide bonds. The fraction of sp³-hybridized carbons (Fsp3) is 0.647. The van der Waals surface area contributed by atoms with Crippen molar-refractivity contribution in [2.45, 2.75) is 57.5 Å². The molecule has 9 heteroatoms. The lowest BCUT2D eigenvalue weighted by atomic mass is 9.88. The summed E-state index contributed by atoms with van der Waals surface area (Å²) in [5.41, 5.74) is -3.02. The average Bonchev–Trinajstić information content (AvgIpc) is 2.52. The summed E-state index contributed by atoms with van der Waals surface area (Å²) in [5, 5.41) is 13.0. The first kappa shape index (κ1) is 22.4. The highest BCUT2D eigenvalue weighted by Crippen LogP contribution is 2.37. The Hall–Kier alpha value is -1.64. The van der Waals surface area contributed by atoms with Crippen LogP contribution in [0.4, 0.5) is 26.3 Å². The molecule has 0 aliphatic rings. The third-order valence-electron chi connectivity index (χ3n) is 4.12. The van der Waals surface area contributed by atoms with Crippen molar-refractivity contribution in [3.05, 3.63) is 39.8 Å². The van der Waals surface area contributed by atoms with Crippen LogP contribution in [0.3, 0.4) is 0 Å². The van der Waals surface area contributed by atoms with Gasteiger partial charge in [-0.05, 0) is 55.4 Å². The Morgan fingerprint density at radius 3 is 1.96 bits per heavy atom. The molecule has 2 atom stereocenters. The van der Waals surface area contributed by atoms with E-state index in [1.165, 1.54) is 0 Å². The van der Waals surface area contributed by atoms with E-state index in [2.05, 4.69) is 5.18 Å². The van der Waals surface area contributed by atoms with Gasteiger partial charge in [-0.15, -0.1) is 0 Å². The number of rotatable bonds is 9. The Kier molecular flexibility index (Phi) is 8.05. The van der Waals surface area contributed by atoms with E-state index in [9.17, 15) is 36.4 Å². The van der Waals surface area contributed by atoms with Crippen LogP contribution in [0.2, 0.25) is 0 Å². The zero-order valence-corrected chi connectivity index (χ0v) is 14.2. The molecule has 1 N–H and O–H groups in total. The van der Waals surface area contributed by atoms with Gasteiger partial charge in [0.05, 0.1) is 23.8 Å². The SMILES string of the molecule is CCCC(CCCN=O)C(O)Cc1cc(C(F)(F)F)cc(C(F)(F)F)c1. The molecule has 1 aromatic rings. The lowest BCUT2D eigenvalue weighted by Crippen LogP contribution is -2.24. The third kappa shape index (κ3) is 6.93. The average molecular weight is 385 g/mol. The van der Waals surface area contributed by atoms with Crippen LogP contribution in [-0.2, 0) is 18.8 Å². The van der Waals surface area contributed by atoms with Crippen molar-refractivity contribution in [1.29, 1.82) is 0 Å². The second-order valence-electron chi connectivity index (χ2n) is 6.23. The molecule has 0 aliphatic carbocycles. The van der Waals surface area contributed by atoms with Crippen LogP contribution < -0.4 is 0 Å². The van der Waals surface area contributed by atoms with Crippen LogP contribution in [0.15, 0.2) is 23.4 Å². The van der Waals surface area contributed by atoms with Gasteiger partial charge in [-0.2, -0.15) is 31.2 Å². The minimum Gasteiger partial charge on any atom is -0.392 e. The van der Waals surface area contributed by atoms with E-state index in [4.69, 9.17) is 0 Å². The minimum absolute atomic E-state index is 0.0503. The third-order valence-corrected chi connectivity index (χ3v) is 4.12. The Labute approximate surface area is 147 Å². The number of halogens is 6. The monoisotopic (exact) mass is 385 g/mol. The van der Waals surface area contributed by atoms with Crippen molar-refractivity contribution < 1.29 is 31.4 Å². The largest absolute Gasteiger partial charge is 0.416 e. The number of nitrogens with zero attached hydrogens (tertiary/aromatic N) is 1. The van der Waals surface area contributed by atoms with Crippen LogP contribution >= 0.6 is 0 Å². The van der Waals surface area contributed by atoms with Gasteiger partial charge < -0.3 is 5.11 Å². The highest BCUT2D eigenvalue weighted by molar-refractivity contribution is 5.34. The van der Waals surface area contributed by atoms with Gasteiger partial charge in [0.15, 0.2) is 0 Å². The maximum Gasteiger partial charge on any atom is 0.416 e. The Balaban J connectivity index is 3.06. The van der Waals surface area contributed by atoms with Gasteiger partial charge in [-0.25, -0.2) is 0 Å². The first-order valence-corrected chi connectivity index (χ1v) is 8.24. The molecule has 0 heterocycles. The molecule has 0 radical (unpaired) electrons. The number of nitroso groups, excluding NO2 is 1. The van der Waals surface area contributed by atoms with Gasteiger partial charge >= 0.3 is 12.4 Å². The maximum atomic E-state index is 12.9. The maximum absolute atomic E-state index is 12.9. The van der Waals surface area contributed by atoms with Crippen molar-refractivity contribution in [2.75, 3.05) is 6.54 Å². The molecule has 0 spiro atoms. The summed E-state index contributed by atoms with van der Waals surface area (Å²) < 4.78 is 77.3. The Morgan fingerprint density at radius 2 is 1.54 bits per heavy atom. The fourth-order valence-corrected chi connectivity index (χ4v) is 2.86. The van der Waals surface area contributed by atoms with E-state index in [0.29, 0.717) is 37.8 Å². The summed E-state index contributed by atoms with van der Waals surface area (Å²) in [6, 6.07) is 1.33. The van der Waals surface area contributed by atoms with Gasteiger partial charge in [0.25, 0.3) is 0 Å². The lowest BCUT2D eigenvalue weighted by molar-refractivity contribution is -0.143. The molecule has 26 heavy (non-hydrogen) atoms. The second kappa shape index (κ2) is 9.34. The molecule has 148 valence electrons. The first-order valence-electron chi connectivity index (χ1n) is 8.24. The van der Waals surface area contributed by atoms with Crippen LogP contribution in [-0.4, -0.2) is 17.8 Å². The van der Waals surface area contributed by atoms with Crippen LogP contribution in [0.5, 0.6) is 0 Å². The van der Waals surface area contributed by atoms with Crippen LogP contribution in [0, 0.1) is 10.8 Å². The molecule has 3 nitrogen and oxygen atoms in total. The van der Waals surface area contributed by atoms with Gasteiger partial charge in [-0.3, -0.25) is 0 Å². The summed E-state index contributed by atoms with van der Waals surface area (Å²) in [5.74, 6) is -0.328. The van der Waals surface area contributed by atoms with Crippen molar-refractivity contribution in [3.63, 3.8) is 0 Å². The molecule has 1 aromatic carbocycles. The smallest absolute Gasteiger partial charge is 0.392 e. The molecule has 0 saturated heterocycles. The minimum atomic E-state index is -4.92. The molecule has 0 aliphatic heterocycles. The summed E-state index contributed by atoms with van der Waals surface area (Å²) in [6.07, 6.45) is -9.21. The number of hydrogen-bond donors (Lipinski definition) is 1. The van der Waals surface area contributed by atoms with Crippen LogP contribution in [0.1, 0.15) is 49.3 Å². The summed E-state index contributed by atoms with van der Waals surface area (Å²) in [4.78, 5) is 10.1. The quantitative estimate of drug-likeness (QED) is 0.342. The van der Waals surface area contributed by atoms with E-state index in [1.54, 1.807) is 0 Å². The molecule has 0 bridgehead atoms. The molecule has 0 saturated carbocycles. The Bertz CT molecular complexity index is 553. The van der Waals surface area contributed by atoms with E-state index in [0.717, 1.165) is 0 Å². The number of aliphatic hydroxyl groups excluding tert-OH is 1. The lowest BCUT2D eigenvalue weighted by Gasteiger charge is -2.23. The standard InChI is InChI=1S/C17H21F6NO2/c1-2-4-12(5-3-6-24-26)15(25)9-11-7-13(16(18,19)20)10-14(8-11)17(21,22)23/h7-8,10,12,15,25H,2-6,9H2,1H3. The van der Waals surface area contributed by atoms with E-state index in [1.807, 2.05) is 6.92 Å². The molecular formula is C17H21F6NO2. The first-order chi connectivity index (χ1) is 12.0. The number of benzene rings is 1. The van der Waals surface area contributed by atoms with Crippen molar-refractivity contribution in [3.8, 4) is 0 Å². The topological polar surface area (TPSA) is 49.7 Å². The van der Waals surface area contributed by atoms with Crippen molar-refractivity contribution in [2.24, 2.45) is 11.1 Å². The highest BCUT2D eigenvalue weighted by atomic mass is 19.4. The normalized spacial score (nSPS) is 14.9. The molecule has 1 rings (SSSR count). The number of aliphatic hydroxyl groups is 1. The number of hydrogen-bond acceptors (Lipinski definition) is 3. The zero-order chi connectivity index (χ0) is 20.0. The predicted octanol–water partition coefficient (Wildman–Crippen LogP) is 5.59. The van der Waals surface area contributed by atoms with Gasteiger partial charge in [0.2, 0.25) is 0 Å². The molecular weight excluding hydrogens is 364 g/mol. The van der Waals surface area contributed by atoms with Gasteiger partial charge in [0.1, 0.15) is 0 Å². The van der Waals surface area contributed by atoms with E-state index < -0.39 is 29.6 Å². The summed E-state index contributed by atoms with van der Waals surface area (Å²) >= 11 is 0. The van der Waals surface area contributed by atoms with Crippen molar-refractivity contribution >= 4 is 0 Å². The van der Waals surface area contributed by atoms with Crippen molar-refractivity contribution in [1.82, 2.24) is 0 Å². The number of alkyl halides is 6. The second-order valence-corrected chi connectivity index (χ2v) is 6.23. The highest BCUT2D eigenvalue weighted by Gasteiger charge is 2.37. The molecule has 0 fully saturated rings. The van der Waals surface area contributed by atoms with Crippen LogP contribution in [0.25, 0.3) is 0 Å². The predicted molar refractivity (Wildman–Crippen MR) is 84.5 cm³/mol. The molecule has 2 unspecified atom stereocenters.